The molecule has 1 aromatic heterocycles. The number of amides is 1. The Hall–Kier alpha value is -2.53. The second kappa shape index (κ2) is 4.79. The molecule has 0 saturated heterocycles. The Morgan fingerprint density at radius 2 is 2.14 bits per heavy atom. The topological polar surface area (TPSA) is 79.3 Å². The first-order valence-electron chi connectivity index (χ1n) is 6.60. The maximum Gasteiger partial charge on any atom is 0.261 e. The summed E-state index contributed by atoms with van der Waals surface area (Å²) in [6.07, 6.45) is 1.18. The Bertz CT molecular complexity index is 728. The summed E-state index contributed by atoms with van der Waals surface area (Å²) in [5, 5.41) is 13.3. The van der Waals surface area contributed by atoms with E-state index in [1.807, 2.05) is 13.0 Å². The van der Waals surface area contributed by atoms with E-state index in [1.54, 1.807) is 30.3 Å². The lowest BCUT2D eigenvalue weighted by atomic mass is 9.88. The summed E-state index contributed by atoms with van der Waals surface area (Å²) < 4.78 is 0. The van der Waals surface area contributed by atoms with E-state index in [1.165, 1.54) is 6.20 Å². The summed E-state index contributed by atoms with van der Waals surface area (Å²) in [4.78, 5) is 28.3. The average Bonchev–Trinajstić information content (AvgIpc) is 2.72. The van der Waals surface area contributed by atoms with Crippen LogP contribution in [0.25, 0.3) is 0 Å². The largest absolute Gasteiger partial charge is 0.375 e. The number of pyridine rings is 1. The molecule has 2 aromatic rings. The van der Waals surface area contributed by atoms with Gasteiger partial charge in [0.15, 0.2) is 11.4 Å². The Kier molecular flexibility index (Phi) is 3.07. The number of anilines is 1. The smallest absolute Gasteiger partial charge is 0.261 e. The van der Waals surface area contributed by atoms with E-state index in [9.17, 15) is 14.7 Å². The number of aromatic nitrogens is 1. The molecule has 1 amide bonds. The number of hydrogen-bond donors (Lipinski definition) is 2. The van der Waals surface area contributed by atoms with E-state index >= 15 is 0 Å². The van der Waals surface area contributed by atoms with Gasteiger partial charge in [0.05, 0.1) is 6.42 Å². The van der Waals surface area contributed by atoms with E-state index < -0.39 is 11.5 Å². The minimum atomic E-state index is -1.84. The highest BCUT2D eigenvalue weighted by Gasteiger charge is 2.46. The number of aryl methyl sites for hydroxylation is 1. The van der Waals surface area contributed by atoms with Crippen molar-refractivity contribution in [1.82, 2.24) is 4.98 Å². The normalized spacial score (nSPS) is 20.0. The first-order chi connectivity index (χ1) is 10.0. The van der Waals surface area contributed by atoms with Crippen molar-refractivity contribution in [1.29, 1.82) is 0 Å². The number of fused-ring (bicyclic) bond motifs is 1. The molecule has 2 N–H and O–H groups in total. The zero-order valence-corrected chi connectivity index (χ0v) is 11.5. The summed E-state index contributed by atoms with van der Waals surface area (Å²) in [7, 11) is 0. The third kappa shape index (κ3) is 2.21. The van der Waals surface area contributed by atoms with Crippen molar-refractivity contribution < 1.29 is 14.7 Å². The van der Waals surface area contributed by atoms with Gasteiger partial charge in [-0.25, -0.2) is 0 Å². The summed E-state index contributed by atoms with van der Waals surface area (Å²) in [6.45, 7) is 1.87. The lowest BCUT2D eigenvalue weighted by Crippen LogP contribution is -2.36. The third-order valence-corrected chi connectivity index (χ3v) is 3.61. The number of ketones is 1. The lowest BCUT2D eigenvalue weighted by Gasteiger charge is -2.20. The number of rotatable bonds is 3. The molecule has 0 fully saturated rings. The number of benzene rings is 1. The molecule has 0 bridgehead atoms. The zero-order valence-electron chi connectivity index (χ0n) is 11.5. The van der Waals surface area contributed by atoms with Crippen molar-refractivity contribution in [3.63, 3.8) is 0 Å². The molecule has 1 unspecified atom stereocenters. The molecule has 5 nitrogen and oxygen atoms in total. The van der Waals surface area contributed by atoms with Gasteiger partial charge < -0.3 is 10.4 Å². The van der Waals surface area contributed by atoms with Gasteiger partial charge in [0, 0.05) is 17.4 Å². The van der Waals surface area contributed by atoms with Crippen LogP contribution in [0.2, 0.25) is 0 Å². The highest BCUT2D eigenvalue weighted by Crippen LogP contribution is 2.39. The van der Waals surface area contributed by atoms with Gasteiger partial charge in [-0.3, -0.25) is 14.6 Å². The number of Topliss-reactive ketones (excluding diaryl/α,β-unsaturated/α-hetero) is 1. The van der Waals surface area contributed by atoms with Gasteiger partial charge in [-0.15, -0.1) is 0 Å². The molecule has 5 heteroatoms. The van der Waals surface area contributed by atoms with Crippen molar-refractivity contribution >= 4 is 17.4 Å². The van der Waals surface area contributed by atoms with E-state index in [2.05, 4.69) is 10.3 Å². The first-order valence-corrected chi connectivity index (χ1v) is 6.60. The van der Waals surface area contributed by atoms with Crippen LogP contribution in [-0.4, -0.2) is 21.8 Å². The maximum absolute atomic E-state index is 12.2. The zero-order chi connectivity index (χ0) is 15.0. The van der Waals surface area contributed by atoms with Crippen LogP contribution in [0.1, 0.15) is 28.0 Å². The van der Waals surface area contributed by atoms with Gasteiger partial charge in [-0.1, -0.05) is 23.8 Å². The second-order valence-corrected chi connectivity index (χ2v) is 5.18. The number of nitrogens with one attached hydrogen (secondary N) is 1. The van der Waals surface area contributed by atoms with Crippen LogP contribution in [0.5, 0.6) is 0 Å². The van der Waals surface area contributed by atoms with Crippen molar-refractivity contribution in [2.24, 2.45) is 0 Å². The Labute approximate surface area is 121 Å². The molecule has 106 valence electrons. The van der Waals surface area contributed by atoms with Gasteiger partial charge in [-0.2, -0.15) is 0 Å². The van der Waals surface area contributed by atoms with Crippen LogP contribution < -0.4 is 5.32 Å². The van der Waals surface area contributed by atoms with Crippen molar-refractivity contribution in [2.45, 2.75) is 18.9 Å². The van der Waals surface area contributed by atoms with Gasteiger partial charge in [0.1, 0.15) is 5.69 Å². The van der Waals surface area contributed by atoms with Crippen molar-refractivity contribution in [3.8, 4) is 0 Å². The molecule has 1 aromatic carbocycles. The Morgan fingerprint density at radius 1 is 1.33 bits per heavy atom. The fraction of sp³-hybridized carbons (Fsp3) is 0.188. The third-order valence-electron chi connectivity index (χ3n) is 3.61. The molecular weight excluding hydrogens is 268 g/mol. The van der Waals surface area contributed by atoms with Gasteiger partial charge in [-0.05, 0) is 25.1 Å². The second-order valence-electron chi connectivity index (χ2n) is 5.18. The van der Waals surface area contributed by atoms with Crippen LogP contribution in [0, 0.1) is 6.92 Å². The monoisotopic (exact) mass is 282 g/mol. The number of aliphatic hydroxyl groups is 1. The SMILES string of the molecule is Cc1ccc2c(c1)C(O)(CC(=O)c1ccccn1)C(=O)N2. The molecule has 1 aliphatic rings. The van der Waals surface area contributed by atoms with Crippen LogP contribution >= 0.6 is 0 Å². The molecule has 0 aliphatic carbocycles. The molecule has 21 heavy (non-hydrogen) atoms. The molecule has 0 saturated carbocycles. The molecule has 2 heterocycles. The van der Waals surface area contributed by atoms with E-state index in [0.29, 0.717) is 11.3 Å². The number of nitrogens with zero attached hydrogens (tertiary/aromatic N) is 1. The van der Waals surface area contributed by atoms with Crippen LogP contribution in [0.15, 0.2) is 42.6 Å². The molecule has 1 atom stereocenters. The van der Waals surface area contributed by atoms with Gasteiger partial charge >= 0.3 is 0 Å². The minimum absolute atomic E-state index is 0.236. The predicted molar refractivity (Wildman–Crippen MR) is 76.9 cm³/mol. The minimum Gasteiger partial charge on any atom is -0.375 e. The van der Waals surface area contributed by atoms with Crippen LogP contribution in [0.3, 0.4) is 0 Å². The summed E-state index contributed by atoms with van der Waals surface area (Å²) in [5.41, 5.74) is 0.295. The highest BCUT2D eigenvalue weighted by atomic mass is 16.3. The average molecular weight is 282 g/mol. The van der Waals surface area contributed by atoms with E-state index in [0.717, 1.165) is 5.56 Å². The molecule has 3 rings (SSSR count). The van der Waals surface area contributed by atoms with E-state index in [4.69, 9.17) is 0 Å². The van der Waals surface area contributed by atoms with Gasteiger partial charge in [0.25, 0.3) is 5.91 Å². The fourth-order valence-corrected chi connectivity index (χ4v) is 2.48. The number of hydrogen-bond acceptors (Lipinski definition) is 4. The molecule has 1 aliphatic heterocycles. The van der Waals surface area contributed by atoms with Crippen LogP contribution in [0.4, 0.5) is 5.69 Å². The molecule has 0 radical (unpaired) electrons. The molecular formula is C16H14N2O3. The number of carbonyl (C=O) groups excluding carboxylic acids is 2. The highest BCUT2D eigenvalue weighted by molar-refractivity contribution is 6.09. The first kappa shape index (κ1) is 13.5. The maximum atomic E-state index is 12.2. The van der Waals surface area contributed by atoms with Crippen LogP contribution in [-0.2, 0) is 10.4 Å². The van der Waals surface area contributed by atoms with Crippen molar-refractivity contribution in [3.05, 3.63) is 59.4 Å². The summed E-state index contributed by atoms with van der Waals surface area (Å²) >= 11 is 0. The van der Waals surface area contributed by atoms with E-state index in [-0.39, 0.29) is 17.9 Å². The summed E-state index contributed by atoms with van der Waals surface area (Å²) in [5.74, 6) is -0.949. The lowest BCUT2D eigenvalue weighted by molar-refractivity contribution is -0.133. The standard InChI is InChI=1S/C16H14N2O3/c1-10-5-6-12-11(8-10)16(21,15(20)18-12)9-14(19)13-4-2-3-7-17-13/h2-8,21H,9H2,1H3,(H,18,20). The van der Waals surface area contributed by atoms with Gasteiger partial charge in [0.2, 0.25) is 0 Å². The number of carbonyl (C=O) groups is 2. The fourth-order valence-electron chi connectivity index (χ4n) is 2.48. The Morgan fingerprint density at radius 3 is 2.86 bits per heavy atom. The summed E-state index contributed by atoms with van der Waals surface area (Å²) in [6, 6.07) is 10.2. The quantitative estimate of drug-likeness (QED) is 0.841. The predicted octanol–water partition coefficient (Wildman–Crippen LogP) is 1.80. The van der Waals surface area contributed by atoms with Crippen molar-refractivity contribution in [2.75, 3.05) is 5.32 Å². The Balaban J connectivity index is 1.97. The molecule has 0 spiro atoms.